The molecule has 1 N–H and O–H groups in total. The summed E-state index contributed by atoms with van der Waals surface area (Å²) >= 11 is 1.39. The molecule has 0 aliphatic heterocycles. The highest BCUT2D eigenvalue weighted by molar-refractivity contribution is 7.99. The number of para-hydroxylation sites is 1. The number of nitrogens with zero attached hydrogens (tertiary/aromatic N) is 3. The molecule has 7 heteroatoms. The molecule has 142 valence electrons. The zero-order chi connectivity index (χ0) is 19.2. The van der Waals surface area contributed by atoms with Crippen molar-refractivity contribution in [3.05, 3.63) is 47.7 Å². The molecule has 2 heterocycles. The van der Waals surface area contributed by atoms with E-state index < -0.39 is 0 Å². The van der Waals surface area contributed by atoms with Gasteiger partial charge in [0, 0.05) is 12.2 Å². The maximum Gasteiger partial charge on any atom is 0.234 e. The number of nitrogens with one attached hydrogen (secondary N) is 1. The highest BCUT2D eigenvalue weighted by Crippen LogP contribution is 2.26. The number of hydrogen-bond donors (Lipinski definition) is 1. The smallest absolute Gasteiger partial charge is 0.234 e. The Morgan fingerprint density at radius 2 is 1.96 bits per heavy atom. The summed E-state index contributed by atoms with van der Waals surface area (Å²) in [5.74, 6) is 1.61. The first-order valence-corrected chi connectivity index (χ1v) is 10.0. The Kier molecular flexibility index (Phi) is 6.34. The molecule has 0 spiro atoms. The third-order valence-corrected chi connectivity index (χ3v) is 5.24. The Bertz CT molecular complexity index is 883. The van der Waals surface area contributed by atoms with Crippen LogP contribution in [0.1, 0.15) is 30.9 Å². The minimum Gasteiger partial charge on any atom is -0.461 e. The third-order valence-electron chi connectivity index (χ3n) is 4.27. The van der Waals surface area contributed by atoms with E-state index in [0.29, 0.717) is 11.6 Å². The molecule has 27 heavy (non-hydrogen) atoms. The van der Waals surface area contributed by atoms with E-state index in [4.69, 9.17) is 4.42 Å². The van der Waals surface area contributed by atoms with Crippen LogP contribution in [0.25, 0.3) is 11.6 Å². The van der Waals surface area contributed by atoms with E-state index in [-0.39, 0.29) is 11.7 Å². The Labute approximate surface area is 163 Å². The number of hydrogen-bond acceptors (Lipinski definition) is 5. The second-order valence-corrected chi connectivity index (χ2v) is 7.33. The van der Waals surface area contributed by atoms with Crippen molar-refractivity contribution >= 4 is 23.4 Å². The summed E-state index contributed by atoms with van der Waals surface area (Å²) in [6, 6.07) is 9.68. The third kappa shape index (κ3) is 4.60. The van der Waals surface area contributed by atoms with Crippen molar-refractivity contribution in [2.75, 3.05) is 11.1 Å². The maximum atomic E-state index is 12.4. The topological polar surface area (TPSA) is 73.0 Å². The van der Waals surface area contributed by atoms with Crippen LogP contribution in [-0.4, -0.2) is 26.4 Å². The molecule has 0 fully saturated rings. The number of anilines is 1. The highest BCUT2D eigenvalue weighted by atomic mass is 32.2. The molecule has 0 aliphatic rings. The van der Waals surface area contributed by atoms with Crippen molar-refractivity contribution in [3.63, 3.8) is 0 Å². The molecule has 0 atom stereocenters. The summed E-state index contributed by atoms with van der Waals surface area (Å²) in [5, 5.41) is 12.3. The van der Waals surface area contributed by atoms with Crippen LogP contribution in [-0.2, 0) is 11.3 Å². The Morgan fingerprint density at radius 3 is 2.63 bits per heavy atom. The van der Waals surface area contributed by atoms with Crippen LogP contribution in [0.3, 0.4) is 0 Å². The lowest BCUT2D eigenvalue weighted by Crippen LogP contribution is -2.16. The van der Waals surface area contributed by atoms with Gasteiger partial charge in [-0.25, -0.2) is 0 Å². The van der Waals surface area contributed by atoms with Crippen molar-refractivity contribution in [2.24, 2.45) is 0 Å². The van der Waals surface area contributed by atoms with Crippen molar-refractivity contribution in [3.8, 4) is 11.6 Å². The molecule has 6 nitrogen and oxygen atoms in total. The summed E-state index contributed by atoms with van der Waals surface area (Å²) in [4.78, 5) is 12.4. The molecule has 0 radical (unpaired) electrons. The van der Waals surface area contributed by atoms with Gasteiger partial charge in [-0.05, 0) is 43.5 Å². The second-order valence-electron chi connectivity index (χ2n) is 6.39. The lowest BCUT2D eigenvalue weighted by molar-refractivity contribution is -0.113. The Hall–Kier alpha value is -2.54. The molecule has 3 rings (SSSR count). The average Bonchev–Trinajstić information content (AvgIpc) is 3.30. The maximum absolute atomic E-state index is 12.4. The number of carbonyl (C=O) groups excluding carboxylic acids is 1. The molecule has 1 aromatic carbocycles. The molecular formula is C20H24N4O2S. The number of thioether (sulfide) groups is 1. The van der Waals surface area contributed by atoms with E-state index in [1.54, 1.807) is 6.26 Å². The van der Waals surface area contributed by atoms with Crippen LogP contribution in [0.2, 0.25) is 0 Å². The summed E-state index contributed by atoms with van der Waals surface area (Å²) in [6.07, 6.45) is 3.69. The van der Waals surface area contributed by atoms with Crippen LogP contribution in [0, 0.1) is 13.8 Å². The fourth-order valence-corrected chi connectivity index (χ4v) is 3.58. The van der Waals surface area contributed by atoms with Crippen LogP contribution < -0.4 is 5.32 Å². The number of rotatable bonds is 8. The van der Waals surface area contributed by atoms with Crippen molar-refractivity contribution in [2.45, 2.75) is 45.3 Å². The van der Waals surface area contributed by atoms with Crippen LogP contribution >= 0.6 is 11.8 Å². The molecule has 0 aliphatic carbocycles. The highest BCUT2D eigenvalue weighted by Gasteiger charge is 2.17. The fourth-order valence-electron chi connectivity index (χ4n) is 2.82. The van der Waals surface area contributed by atoms with E-state index >= 15 is 0 Å². The normalized spacial score (nSPS) is 10.9. The predicted octanol–water partition coefficient (Wildman–Crippen LogP) is 4.69. The summed E-state index contributed by atoms with van der Waals surface area (Å²) in [5.41, 5.74) is 2.99. The van der Waals surface area contributed by atoms with Gasteiger partial charge in [0.1, 0.15) is 0 Å². The van der Waals surface area contributed by atoms with Gasteiger partial charge in [0.15, 0.2) is 16.7 Å². The van der Waals surface area contributed by atoms with Crippen LogP contribution in [0.4, 0.5) is 5.69 Å². The lowest BCUT2D eigenvalue weighted by Gasteiger charge is -2.11. The first kappa shape index (κ1) is 19.2. The number of aryl methyl sites for hydroxylation is 2. The van der Waals surface area contributed by atoms with Gasteiger partial charge in [-0.3, -0.25) is 9.36 Å². The van der Waals surface area contributed by atoms with Gasteiger partial charge >= 0.3 is 0 Å². The zero-order valence-corrected chi connectivity index (χ0v) is 16.7. The summed E-state index contributed by atoms with van der Waals surface area (Å²) in [7, 11) is 0. The number of furan rings is 1. The van der Waals surface area contributed by atoms with E-state index in [1.807, 2.05) is 48.7 Å². The number of benzene rings is 1. The Morgan fingerprint density at radius 1 is 1.19 bits per heavy atom. The molecule has 0 bridgehead atoms. The fraction of sp³-hybridized carbons (Fsp3) is 0.350. The van der Waals surface area contributed by atoms with Crippen molar-refractivity contribution in [1.29, 1.82) is 0 Å². The molecule has 1 amide bonds. The van der Waals surface area contributed by atoms with Gasteiger partial charge in [-0.15, -0.1) is 10.2 Å². The van der Waals surface area contributed by atoms with E-state index in [1.165, 1.54) is 11.8 Å². The van der Waals surface area contributed by atoms with E-state index in [9.17, 15) is 4.79 Å². The average molecular weight is 385 g/mol. The minimum atomic E-state index is -0.0537. The summed E-state index contributed by atoms with van der Waals surface area (Å²) in [6.45, 7) is 6.92. The van der Waals surface area contributed by atoms with Gasteiger partial charge in [-0.1, -0.05) is 43.3 Å². The van der Waals surface area contributed by atoms with Crippen LogP contribution in [0.5, 0.6) is 0 Å². The molecular weight excluding hydrogens is 360 g/mol. The van der Waals surface area contributed by atoms with Gasteiger partial charge in [0.2, 0.25) is 5.91 Å². The molecule has 2 aromatic heterocycles. The quantitative estimate of drug-likeness (QED) is 0.571. The second kappa shape index (κ2) is 8.90. The lowest BCUT2D eigenvalue weighted by atomic mass is 10.1. The number of carbonyl (C=O) groups is 1. The standard InChI is InChI=1S/C20H24N4O2S/c1-4-5-11-24-19(16-10-7-12-26-16)22-23-20(24)27-13-17(25)21-18-14(2)8-6-9-15(18)3/h6-10,12H,4-5,11,13H2,1-3H3,(H,21,25). The number of aromatic nitrogens is 3. The van der Waals surface area contributed by atoms with Gasteiger partial charge in [-0.2, -0.15) is 0 Å². The van der Waals surface area contributed by atoms with Crippen LogP contribution in [0.15, 0.2) is 46.2 Å². The van der Waals surface area contributed by atoms with E-state index in [2.05, 4.69) is 22.4 Å². The predicted molar refractivity (Wildman–Crippen MR) is 108 cm³/mol. The first-order valence-electron chi connectivity index (χ1n) is 9.06. The first-order chi connectivity index (χ1) is 13.1. The Balaban J connectivity index is 1.71. The monoisotopic (exact) mass is 384 g/mol. The largest absolute Gasteiger partial charge is 0.461 e. The van der Waals surface area contributed by atoms with E-state index in [0.717, 1.165) is 41.4 Å². The van der Waals surface area contributed by atoms with Gasteiger partial charge in [0.25, 0.3) is 0 Å². The van der Waals surface area contributed by atoms with Gasteiger partial charge < -0.3 is 9.73 Å². The molecule has 3 aromatic rings. The minimum absolute atomic E-state index is 0.0537. The molecule has 0 unspecified atom stereocenters. The van der Waals surface area contributed by atoms with Gasteiger partial charge in [0.05, 0.1) is 12.0 Å². The SMILES string of the molecule is CCCCn1c(SCC(=O)Nc2c(C)cccc2C)nnc1-c1ccco1. The molecule has 0 saturated carbocycles. The zero-order valence-electron chi connectivity index (χ0n) is 15.9. The number of unbranched alkanes of at least 4 members (excludes halogenated alkanes) is 1. The summed E-state index contributed by atoms with van der Waals surface area (Å²) < 4.78 is 7.50. The molecule has 0 saturated heterocycles. The van der Waals surface area contributed by atoms with Crippen molar-refractivity contribution in [1.82, 2.24) is 14.8 Å². The number of amides is 1. The van der Waals surface area contributed by atoms with Crippen molar-refractivity contribution < 1.29 is 9.21 Å².